The molecule has 0 atom stereocenters. The molecule has 0 spiro atoms. The number of halogens is 1. The summed E-state index contributed by atoms with van der Waals surface area (Å²) in [6.07, 6.45) is 0. The lowest BCUT2D eigenvalue weighted by Gasteiger charge is -2.28. The number of ether oxygens (including phenoxy) is 1. The number of amides is 1. The molecule has 24 heavy (non-hydrogen) atoms. The SMILES string of the molecule is O=C(c1ccc(-c2ccc(Cl)cc2)o1)N1CCOc2ccccc21. The van der Waals surface area contributed by atoms with E-state index < -0.39 is 0 Å². The van der Waals surface area contributed by atoms with Gasteiger partial charge in [-0.2, -0.15) is 0 Å². The molecule has 0 fully saturated rings. The lowest BCUT2D eigenvalue weighted by molar-refractivity contribution is 0.0950. The number of carbonyl (C=O) groups excluding carboxylic acids is 1. The summed E-state index contributed by atoms with van der Waals surface area (Å²) in [4.78, 5) is 14.5. The smallest absolute Gasteiger partial charge is 0.294 e. The van der Waals surface area contributed by atoms with E-state index in [0.29, 0.717) is 35.4 Å². The number of hydrogen-bond acceptors (Lipinski definition) is 3. The molecule has 0 bridgehead atoms. The van der Waals surface area contributed by atoms with Crippen molar-refractivity contribution in [3.05, 3.63) is 71.4 Å². The van der Waals surface area contributed by atoms with Crippen molar-refractivity contribution in [2.75, 3.05) is 18.1 Å². The summed E-state index contributed by atoms with van der Waals surface area (Å²) in [5, 5.41) is 0.659. The van der Waals surface area contributed by atoms with E-state index in [1.54, 1.807) is 29.2 Å². The predicted molar refractivity (Wildman–Crippen MR) is 92.8 cm³/mol. The maximum Gasteiger partial charge on any atom is 0.294 e. The van der Waals surface area contributed by atoms with Gasteiger partial charge in [0.05, 0.1) is 12.2 Å². The Bertz CT molecular complexity index is 886. The fraction of sp³-hybridized carbons (Fsp3) is 0.105. The minimum atomic E-state index is -0.175. The second-order valence-corrected chi connectivity index (χ2v) is 5.88. The van der Waals surface area contributed by atoms with Crippen LogP contribution >= 0.6 is 11.6 Å². The van der Waals surface area contributed by atoms with Gasteiger partial charge in [0.2, 0.25) is 0 Å². The van der Waals surface area contributed by atoms with Gasteiger partial charge in [0, 0.05) is 10.6 Å². The number of rotatable bonds is 2. The van der Waals surface area contributed by atoms with Gasteiger partial charge in [0.15, 0.2) is 5.76 Å². The predicted octanol–water partition coefficient (Wildman–Crippen LogP) is 4.64. The molecule has 0 radical (unpaired) electrons. The van der Waals surface area contributed by atoms with Crippen molar-refractivity contribution in [1.82, 2.24) is 0 Å². The molecule has 1 amide bonds. The van der Waals surface area contributed by atoms with Crippen molar-refractivity contribution in [2.45, 2.75) is 0 Å². The zero-order valence-corrected chi connectivity index (χ0v) is 13.5. The van der Waals surface area contributed by atoms with E-state index in [0.717, 1.165) is 11.3 Å². The summed E-state index contributed by atoms with van der Waals surface area (Å²) >= 11 is 5.90. The highest BCUT2D eigenvalue weighted by Gasteiger charge is 2.26. The number of fused-ring (bicyclic) bond motifs is 1. The Hall–Kier alpha value is -2.72. The van der Waals surface area contributed by atoms with Gasteiger partial charge in [0.25, 0.3) is 5.91 Å². The summed E-state index contributed by atoms with van der Waals surface area (Å²) in [5.74, 6) is 1.47. The highest BCUT2D eigenvalue weighted by Crippen LogP contribution is 2.33. The molecule has 1 aliphatic rings. The number of benzene rings is 2. The van der Waals surface area contributed by atoms with Gasteiger partial charge in [-0.05, 0) is 48.5 Å². The van der Waals surface area contributed by atoms with Crippen LogP contribution < -0.4 is 9.64 Å². The zero-order chi connectivity index (χ0) is 16.5. The minimum absolute atomic E-state index is 0.175. The van der Waals surface area contributed by atoms with Crippen LogP contribution in [0.5, 0.6) is 5.75 Å². The van der Waals surface area contributed by atoms with Gasteiger partial charge in [-0.25, -0.2) is 0 Å². The molecule has 120 valence electrons. The first-order valence-electron chi connectivity index (χ1n) is 7.62. The third kappa shape index (κ3) is 2.65. The maximum atomic E-state index is 12.8. The first kappa shape index (κ1) is 14.8. The lowest BCUT2D eigenvalue weighted by Crippen LogP contribution is -2.37. The summed E-state index contributed by atoms with van der Waals surface area (Å²) in [6.45, 7) is 0.959. The van der Waals surface area contributed by atoms with Gasteiger partial charge in [-0.3, -0.25) is 9.69 Å². The van der Waals surface area contributed by atoms with Crippen LogP contribution in [0, 0.1) is 0 Å². The van der Waals surface area contributed by atoms with E-state index in [-0.39, 0.29) is 5.91 Å². The van der Waals surface area contributed by atoms with Crippen molar-refractivity contribution in [2.24, 2.45) is 0 Å². The Kier molecular flexibility index (Phi) is 3.75. The highest BCUT2D eigenvalue weighted by molar-refractivity contribution is 6.30. The molecule has 4 nitrogen and oxygen atoms in total. The van der Waals surface area contributed by atoms with Gasteiger partial charge < -0.3 is 9.15 Å². The van der Waals surface area contributed by atoms with E-state index in [1.807, 2.05) is 36.4 Å². The molecule has 2 aromatic carbocycles. The number of furan rings is 1. The molecule has 0 saturated heterocycles. The summed E-state index contributed by atoms with van der Waals surface area (Å²) in [5.41, 5.74) is 1.64. The van der Waals surface area contributed by atoms with Crippen LogP contribution in [0.25, 0.3) is 11.3 Å². The van der Waals surface area contributed by atoms with E-state index >= 15 is 0 Å². The minimum Gasteiger partial charge on any atom is -0.490 e. The fourth-order valence-electron chi connectivity index (χ4n) is 2.74. The van der Waals surface area contributed by atoms with Crippen molar-refractivity contribution in [3.8, 4) is 17.1 Å². The van der Waals surface area contributed by atoms with Crippen molar-refractivity contribution in [3.63, 3.8) is 0 Å². The molecule has 0 aliphatic carbocycles. The largest absolute Gasteiger partial charge is 0.490 e. The van der Waals surface area contributed by atoms with Crippen molar-refractivity contribution < 1.29 is 13.9 Å². The van der Waals surface area contributed by atoms with Gasteiger partial charge in [-0.1, -0.05) is 23.7 Å². The fourth-order valence-corrected chi connectivity index (χ4v) is 2.86. The summed E-state index contributed by atoms with van der Waals surface area (Å²) in [7, 11) is 0. The van der Waals surface area contributed by atoms with Crippen LogP contribution in [0.2, 0.25) is 5.02 Å². The Morgan fingerprint density at radius 1 is 1.00 bits per heavy atom. The van der Waals surface area contributed by atoms with Gasteiger partial charge >= 0.3 is 0 Å². The summed E-state index contributed by atoms with van der Waals surface area (Å²) < 4.78 is 11.4. The monoisotopic (exact) mass is 339 g/mol. The van der Waals surface area contributed by atoms with Gasteiger partial charge in [0.1, 0.15) is 18.1 Å². The van der Waals surface area contributed by atoms with Crippen LogP contribution in [-0.4, -0.2) is 19.1 Å². The third-order valence-electron chi connectivity index (χ3n) is 3.92. The summed E-state index contributed by atoms with van der Waals surface area (Å²) in [6, 6.07) is 18.3. The molecule has 0 N–H and O–H groups in total. The second kappa shape index (κ2) is 6.06. The molecule has 5 heteroatoms. The molecule has 0 unspecified atom stereocenters. The average molecular weight is 340 g/mol. The molecule has 3 aromatic rings. The van der Waals surface area contributed by atoms with Crippen LogP contribution in [-0.2, 0) is 0 Å². The lowest BCUT2D eigenvalue weighted by atomic mass is 10.2. The number of carbonyl (C=O) groups is 1. The Morgan fingerprint density at radius 2 is 1.79 bits per heavy atom. The Balaban J connectivity index is 1.63. The topological polar surface area (TPSA) is 42.7 Å². The molecular weight excluding hydrogens is 326 g/mol. The third-order valence-corrected chi connectivity index (χ3v) is 4.17. The first-order chi connectivity index (χ1) is 11.7. The number of hydrogen-bond donors (Lipinski definition) is 0. The second-order valence-electron chi connectivity index (χ2n) is 5.44. The molecule has 1 aliphatic heterocycles. The number of anilines is 1. The standard InChI is InChI=1S/C19H14ClNO3/c20-14-7-5-13(6-8-14)16-9-10-18(24-16)19(22)21-11-12-23-17-4-2-1-3-15(17)21/h1-10H,11-12H2. The quantitative estimate of drug-likeness (QED) is 0.683. The Labute approximate surface area is 144 Å². The van der Waals surface area contributed by atoms with E-state index in [4.69, 9.17) is 20.8 Å². The van der Waals surface area contributed by atoms with E-state index in [9.17, 15) is 4.79 Å². The van der Waals surface area contributed by atoms with Crippen molar-refractivity contribution in [1.29, 1.82) is 0 Å². The van der Waals surface area contributed by atoms with Crippen LogP contribution in [0.3, 0.4) is 0 Å². The number of nitrogens with zero attached hydrogens (tertiary/aromatic N) is 1. The molecular formula is C19H14ClNO3. The Morgan fingerprint density at radius 3 is 2.62 bits per heavy atom. The molecule has 4 rings (SSSR count). The highest BCUT2D eigenvalue weighted by atomic mass is 35.5. The normalized spacial score (nSPS) is 13.3. The van der Waals surface area contributed by atoms with E-state index in [1.165, 1.54) is 0 Å². The molecule has 1 aromatic heterocycles. The first-order valence-corrected chi connectivity index (χ1v) is 7.99. The van der Waals surface area contributed by atoms with Gasteiger partial charge in [-0.15, -0.1) is 0 Å². The van der Waals surface area contributed by atoms with Crippen LogP contribution in [0.15, 0.2) is 65.1 Å². The van der Waals surface area contributed by atoms with Crippen LogP contribution in [0.4, 0.5) is 5.69 Å². The maximum absolute atomic E-state index is 12.8. The molecule has 0 saturated carbocycles. The zero-order valence-electron chi connectivity index (χ0n) is 12.7. The van der Waals surface area contributed by atoms with E-state index in [2.05, 4.69) is 0 Å². The van der Waals surface area contributed by atoms with Crippen molar-refractivity contribution >= 4 is 23.2 Å². The average Bonchev–Trinajstić information content (AvgIpc) is 3.11. The van der Waals surface area contributed by atoms with Crippen LogP contribution in [0.1, 0.15) is 10.6 Å². The number of para-hydroxylation sites is 2. The molecule has 2 heterocycles.